The molecule has 0 saturated carbocycles. The van der Waals surface area contributed by atoms with Gasteiger partial charge in [0.1, 0.15) is 6.61 Å². The summed E-state index contributed by atoms with van der Waals surface area (Å²) in [5.74, 6) is -0.223. The average Bonchev–Trinajstić information content (AvgIpc) is 3.10. The number of nitrogens with zero attached hydrogens (tertiary/aromatic N) is 1. The number of carbonyl (C=O) groups is 2. The number of cyclic esters (lactones) is 1. The van der Waals surface area contributed by atoms with Crippen LogP contribution in [-0.2, 0) is 9.53 Å². The van der Waals surface area contributed by atoms with Crippen LogP contribution in [0.3, 0.4) is 0 Å². The van der Waals surface area contributed by atoms with Crippen molar-refractivity contribution in [3.8, 4) is 0 Å². The topological polar surface area (TPSA) is 46.6 Å². The van der Waals surface area contributed by atoms with E-state index >= 15 is 0 Å². The first kappa shape index (κ1) is 20.1. The summed E-state index contributed by atoms with van der Waals surface area (Å²) in [4.78, 5) is 26.7. The molecule has 2 aromatic rings. The minimum Gasteiger partial charge on any atom is -0.447 e. The van der Waals surface area contributed by atoms with Gasteiger partial charge in [0, 0.05) is 12.3 Å². The molecule has 1 aliphatic rings. The molecular formula is C24H29NO3. The molecular weight excluding hydrogens is 350 g/mol. The van der Waals surface area contributed by atoms with Gasteiger partial charge in [-0.2, -0.15) is 0 Å². The first-order chi connectivity index (χ1) is 13.7. The quantitative estimate of drug-likeness (QED) is 0.539. The average molecular weight is 380 g/mol. The molecule has 4 heteroatoms. The molecule has 0 aromatic heterocycles. The Bertz CT molecular complexity index is 720. The molecule has 2 amide bonds. The molecule has 0 bridgehead atoms. The van der Waals surface area contributed by atoms with E-state index in [0.29, 0.717) is 6.42 Å². The minimum atomic E-state index is -0.513. The van der Waals surface area contributed by atoms with Gasteiger partial charge in [0.25, 0.3) is 0 Å². The van der Waals surface area contributed by atoms with Gasteiger partial charge in [0.05, 0.1) is 6.04 Å². The SMILES string of the molecule is CCCCCCCC(=O)N1C(=O)OC[C@H]1C(c1ccccc1)c1ccccc1. The molecule has 0 unspecified atom stereocenters. The van der Waals surface area contributed by atoms with E-state index in [0.717, 1.165) is 30.4 Å². The summed E-state index contributed by atoms with van der Waals surface area (Å²) in [6.07, 6.45) is 5.21. The number of carbonyl (C=O) groups excluding carboxylic acids is 2. The summed E-state index contributed by atoms with van der Waals surface area (Å²) < 4.78 is 5.33. The number of benzene rings is 2. The van der Waals surface area contributed by atoms with Crippen LogP contribution in [0.4, 0.5) is 4.79 Å². The van der Waals surface area contributed by atoms with E-state index in [9.17, 15) is 9.59 Å². The molecule has 1 heterocycles. The van der Waals surface area contributed by atoms with E-state index in [1.807, 2.05) is 60.7 Å². The highest BCUT2D eigenvalue weighted by atomic mass is 16.6. The fourth-order valence-electron chi connectivity index (χ4n) is 3.93. The number of ether oxygens (including phenoxy) is 1. The van der Waals surface area contributed by atoms with E-state index in [4.69, 9.17) is 4.74 Å². The summed E-state index contributed by atoms with van der Waals surface area (Å²) in [6.45, 7) is 2.40. The zero-order chi connectivity index (χ0) is 19.8. The second-order valence-electron chi connectivity index (χ2n) is 7.37. The van der Waals surface area contributed by atoms with Gasteiger partial charge in [-0.25, -0.2) is 9.69 Å². The molecule has 1 aliphatic heterocycles. The smallest absolute Gasteiger partial charge is 0.417 e. The van der Waals surface area contributed by atoms with Crippen LogP contribution in [-0.4, -0.2) is 29.5 Å². The van der Waals surface area contributed by atoms with Gasteiger partial charge in [0.15, 0.2) is 0 Å². The Hall–Kier alpha value is -2.62. The van der Waals surface area contributed by atoms with Crippen molar-refractivity contribution in [2.24, 2.45) is 0 Å². The first-order valence-corrected chi connectivity index (χ1v) is 10.3. The van der Waals surface area contributed by atoms with Gasteiger partial charge in [-0.3, -0.25) is 4.79 Å². The zero-order valence-electron chi connectivity index (χ0n) is 16.5. The largest absolute Gasteiger partial charge is 0.447 e. The van der Waals surface area contributed by atoms with E-state index in [-0.39, 0.29) is 24.5 Å². The Kier molecular flexibility index (Phi) is 7.24. The summed E-state index contributed by atoms with van der Waals surface area (Å²) in [7, 11) is 0. The molecule has 1 atom stereocenters. The maximum Gasteiger partial charge on any atom is 0.417 e. The number of hydrogen-bond donors (Lipinski definition) is 0. The molecule has 0 aliphatic carbocycles. The Morgan fingerprint density at radius 2 is 1.54 bits per heavy atom. The van der Waals surface area contributed by atoms with Crippen LogP contribution in [0, 0.1) is 0 Å². The fraction of sp³-hybridized carbons (Fsp3) is 0.417. The first-order valence-electron chi connectivity index (χ1n) is 10.3. The lowest BCUT2D eigenvalue weighted by Gasteiger charge is -2.28. The maximum atomic E-state index is 12.9. The van der Waals surface area contributed by atoms with Gasteiger partial charge in [-0.15, -0.1) is 0 Å². The maximum absolute atomic E-state index is 12.9. The Balaban J connectivity index is 1.80. The van der Waals surface area contributed by atoms with Gasteiger partial charge in [-0.1, -0.05) is 93.3 Å². The zero-order valence-corrected chi connectivity index (χ0v) is 16.5. The standard InChI is InChI=1S/C24H29NO3/c1-2-3-4-5-12-17-22(26)25-21(18-28-24(25)27)23(19-13-8-6-9-14-19)20-15-10-7-11-16-20/h6-11,13-16,21,23H,2-5,12,17-18H2,1H3/t21-/m0/s1. The molecule has 3 rings (SSSR count). The lowest BCUT2D eigenvalue weighted by molar-refractivity contribution is -0.129. The number of hydrogen-bond acceptors (Lipinski definition) is 3. The Morgan fingerprint density at radius 1 is 0.964 bits per heavy atom. The Labute approximate surface area is 167 Å². The Morgan fingerprint density at radius 3 is 2.11 bits per heavy atom. The number of amides is 2. The van der Waals surface area contributed by atoms with E-state index in [2.05, 4.69) is 6.92 Å². The van der Waals surface area contributed by atoms with E-state index in [1.54, 1.807) is 0 Å². The van der Waals surface area contributed by atoms with Crippen LogP contribution >= 0.6 is 0 Å². The van der Waals surface area contributed by atoms with Crippen molar-refractivity contribution in [2.75, 3.05) is 6.61 Å². The number of imide groups is 1. The van der Waals surface area contributed by atoms with Crippen LogP contribution in [0.15, 0.2) is 60.7 Å². The lowest BCUT2D eigenvalue weighted by atomic mass is 9.84. The van der Waals surface area contributed by atoms with Crippen molar-refractivity contribution in [3.63, 3.8) is 0 Å². The molecule has 148 valence electrons. The third kappa shape index (κ3) is 4.80. The highest BCUT2D eigenvalue weighted by molar-refractivity contribution is 5.93. The van der Waals surface area contributed by atoms with Crippen LogP contribution in [0.25, 0.3) is 0 Å². The normalized spacial score (nSPS) is 16.4. The van der Waals surface area contributed by atoms with Crippen molar-refractivity contribution in [3.05, 3.63) is 71.8 Å². The van der Waals surface area contributed by atoms with Gasteiger partial charge in [-0.05, 0) is 17.5 Å². The van der Waals surface area contributed by atoms with Crippen molar-refractivity contribution in [1.29, 1.82) is 0 Å². The second-order valence-corrected chi connectivity index (χ2v) is 7.37. The third-order valence-electron chi connectivity index (χ3n) is 5.37. The third-order valence-corrected chi connectivity index (χ3v) is 5.37. The van der Waals surface area contributed by atoms with Crippen molar-refractivity contribution in [2.45, 2.75) is 57.4 Å². The molecule has 1 saturated heterocycles. The van der Waals surface area contributed by atoms with Crippen LogP contribution in [0.1, 0.15) is 62.5 Å². The highest BCUT2D eigenvalue weighted by Crippen LogP contribution is 2.34. The second kappa shape index (κ2) is 10.1. The predicted octanol–water partition coefficient (Wildman–Crippen LogP) is 5.53. The van der Waals surface area contributed by atoms with Crippen LogP contribution in [0.5, 0.6) is 0 Å². The van der Waals surface area contributed by atoms with Crippen molar-refractivity contribution >= 4 is 12.0 Å². The number of unbranched alkanes of at least 4 members (excludes halogenated alkanes) is 4. The predicted molar refractivity (Wildman–Crippen MR) is 110 cm³/mol. The van der Waals surface area contributed by atoms with Crippen LogP contribution < -0.4 is 0 Å². The monoisotopic (exact) mass is 379 g/mol. The van der Waals surface area contributed by atoms with Gasteiger partial charge >= 0.3 is 6.09 Å². The van der Waals surface area contributed by atoms with E-state index in [1.165, 1.54) is 17.7 Å². The van der Waals surface area contributed by atoms with Gasteiger partial charge < -0.3 is 4.74 Å². The molecule has 0 radical (unpaired) electrons. The summed E-state index contributed by atoms with van der Waals surface area (Å²) in [6, 6.07) is 19.8. The highest BCUT2D eigenvalue weighted by Gasteiger charge is 2.43. The number of rotatable bonds is 9. The van der Waals surface area contributed by atoms with Gasteiger partial charge in [0.2, 0.25) is 5.91 Å². The van der Waals surface area contributed by atoms with Crippen molar-refractivity contribution < 1.29 is 14.3 Å². The van der Waals surface area contributed by atoms with Crippen molar-refractivity contribution in [1.82, 2.24) is 4.90 Å². The molecule has 1 fully saturated rings. The molecule has 0 spiro atoms. The summed E-state index contributed by atoms with van der Waals surface area (Å²) >= 11 is 0. The lowest BCUT2D eigenvalue weighted by Crippen LogP contribution is -2.42. The molecule has 2 aromatic carbocycles. The summed E-state index contributed by atoms with van der Waals surface area (Å²) in [5, 5.41) is 0. The molecule has 28 heavy (non-hydrogen) atoms. The van der Waals surface area contributed by atoms with E-state index < -0.39 is 6.09 Å². The summed E-state index contributed by atoms with van der Waals surface area (Å²) in [5.41, 5.74) is 2.16. The molecule has 4 nitrogen and oxygen atoms in total. The minimum absolute atomic E-state index is 0.0992. The van der Waals surface area contributed by atoms with Crippen LogP contribution in [0.2, 0.25) is 0 Å². The molecule has 0 N–H and O–H groups in total. The fourth-order valence-corrected chi connectivity index (χ4v) is 3.93.